The van der Waals surface area contributed by atoms with Crippen molar-refractivity contribution in [1.82, 2.24) is 10.6 Å². The lowest BCUT2D eigenvalue weighted by molar-refractivity contribution is -0.128. The van der Waals surface area contributed by atoms with Gasteiger partial charge in [-0.2, -0.15) is 0 Å². The van der Waals surface area contributed by atoms with Crippen molar-refractivity contribution >= 4 is 5.91 Å². The summed E-state index contributed by atoms with van der Waals surface area (Å²) in [6.45, 7) is 7.59. The predicted molar refractivity (Wildman–Crippen MR) is 69.8 cm³/mol. The molecule has 0 bridgehead atoms. The average molecular weight is 238 g/mol. The molecule has 3 nitrogen and oxygen atoms in total. The Kier molecular flexibility index (Phi) is 3.76. The molecule has 2 N–H and O–H groups in total. The maximum absolute atomic E-state index is 12.3. The van der Waals surface area contributed by atoms with E-state index >= 15 is 0 Å². The van der Waals surface area contributed by atoms with Crippen LogP contribution in [-0.4, -0.2) is 24.0 Å². The monoisotopic (exact) mass is 238 g/mol. The van der Waals surface area contributed by atoms with Gasteiger partial charge < -0.3 is 10.6 Å². The van der Waals surface area contributed by atoms with Crippen LogP contribution in [-0.2, 0) is 4.79 Å². The second-order valence-corrected chi connectivity index (χ2v) is 6.21. The molecule has 1 aliphatic carbocycles. The maximum atomic E-state index is 12.3. The fraction of sp³-hybridized carbons (Fsp3) is 0.929. The summed E-state index contributed by atoms with van der Waals surface area (Å²) in [6, 6.07) is 0.380. The van der Waals surface area contributed by atoms with Crippen LogP contribution in [0.15, 0.2) is 0 Å². The summed E-state index contributed by atoms with van der Waals surface area (Å²) < 4.78 is 0. The number of carbonyl (C=O) groups is 1. The molecule has 1 saturated carbocycles. The Morgan fingerprint density at radius 1 is 1.29 bits per heavy atom. The molecule has 98 valence electrons. The summed E-state index contributed by atoms with van der Waals surface area (Å²) in [4.78, 5) is 12.3. The van der Waals surface area contributed by atoms with Gasteiger partial charge in [0.15, 0.2) is 0 Å². The van der Waals surface area contributed by atoms with E-state index in [2.05, 4.69) is 24.5 Å². The van der Waals surface area contributed by atoms with Crippen LogP contribution in [0, 0.1) is 11.8 Å². The Morgan fingerprint density at radius 3 is 2.71 bits per heavy atom. The van der Waals surface area contributed by atoms with Crippen molar-refractivity contribution in [1.29, 1.82) is 0 Å². The number of amides is 1. The van der Waals surface area contributed by atoms with Crippen LogP contribution in [0.3, 0.4) is 0 Å². The molecule has 0 spiro atoms. The predicted octanol–water partition coefficient (Wildman–Crippen LogP) is 2.07. The van der Waals surface area contributed by atoms with E-state index in [9.17, 15) is 4.79 Å². The Hall–Kier alpha value is -0.570. The van der Waals surface area contributed by atoms with Gasteiger partial charge >= 0.3 is 0 Å². The van der Waals surface area contributed by atoms with Gasteiger partial charge in [-0.05, 0) is 44.6 Å². The van der Waals surface area contributed by atoms with Crippen LogP contribution in [0.4, 0.5) is 0 Å². The lowest BCUT2D eigenvalue weighted by atomic mass is 9.77. The van der Waals surface area contributed by atoms with Gasteiger partial charge in [0.25, 0.3) is 0 Å². The average Bonchev–Trinajstić information content (AvgIpc) is 2.73. The van der Waals surface area contributed by atoms with E-state index in [4.69, 9.17) is 0 Å². The standard InChI is InChI=1S/C14H26N2O/c1-10-6-4-7-12(11(10)2)16-13(17)14(3)8-5-9-15-14/h10-12,15H,4-9H2,1-3H3,(H,16,17). The minimum absolute atomic E-state index is 0.209. The van der Waals surface area contributed by atoms with E-state index in [1.54, 1.807) is 0 Å². The fourth-order valence-corrected chi connectivity index (χ4v) is 3.20. The third-order valence-corrected chi connectivity index (χ3v) is 4.89. The molecule has 2 rings (SSSR count). The SMILES string of the molecule is CC1CCCC(NC(=O)C2(C)CCCN2)C1C. The van der Waals surface area contributed by atoms with Crippen molar-refractivity contribution in [3.8, 4) is 0 Å². The van der Waals surface area contributed by atoms with Crippen LogP contribution >= 0.6 is 0 Å². The molecule has 1 saturated heterocycles. The van der Waals surface area contributed by atoms with Gasteiger partial charge in [0.1, 0.15) is 0 Å². The third-order valence-electron chi connectivity index (χ3n) is 4.89. The van der Waals surface area contributed by atoms with Gasteiger partial charge in [0.2, 0.25) is 5.91 Å². The second kappa shape index (κ2) is 4.97. The van der Waals surface area contributed by atoms with Crippen molar-refractivity contribution in [3.63, 3.8) is 0 Å². The van der Waals surface area contributed by atoms with Gasteiger partial charge in [-0.1, -0.05) is 26.7 Å². The smallest absolute Gasteiger partial charge is 0.240 e. The lowest BCUT2D eigenvalue weighted by Gasteiger charge is -2.36. The number of hydrogen-bond acceptors (Lipinski definition) is 2. The highest BCUT2D eigenvalue weighted by atomic mass is 16.2. The highest BCUT2D eigenvalue weighted by molar-refractivity contribution is 5.86. The number of carbonyl (C=O) groups excluding carboxylic acids is 1. The molecule has 1 amide bonds. The minimum atomic E-state index is -0.319. The van der Waals surface area contributed by atoms with E-state index in [0.29, 0.717) is 12.0 Å². The van der Waals surface area contributed by atoms with Crippen LogP contribution in [0.25, 0.3) is 0 Å². The number of rotatable bonds is 2. The van der Waals surface area contributed by atoms with Gasteiger partial charge in [0.05, 0.1) is 5.54 Å². The van der Waals surface area contributed by atoms with Crippen LogP contribution in [0.2, 0.25) is 0 Å². The summed E-state index contributed by atoms with van der Waals surface area (Å²) in [6.07, 6.45) is 5.78. The van der Waals surface area contributed by atoms with E-state index < -0.39 is 0 Å². The molecule has 3 heteroatoms. The summed E-state index contributed by atoms with van der Waals surface area (Å²) in [5.41, 5.74) is -0.319. The van der Waals surface area contributed by atoms with Crippen molar-refractivity contribution < 1.29 is 4.79 Å². The highest BCUT2D eigenvalue weighted by Gasteiger charge is 2.38. The first kappa shape index (κ1) is 12.9. The largest absolute Gasteiger partial charge is 0.351 e. The first-order valence-corrected chi connectivity index (χ1v) is 7.09. The van der Waals surface area contributed by atoms with Gasteiger partial charge in [0, 0.05) is 6.04 Å². The molecule has 2 aliphatic rings. The molecule has 0 aromatic carbocycles. The van der Waals surface area contributed by atoms with E-state index in [1.165, 1.54) is 12.8 Å². The molecule has 2 fully saturated rings. The van der Waals surface area contributed by atoms with Gasteiger partial charge in [-0.3, -0.25) is 4.79 Å². The number of hydrogen-bond donors (Lipinski definition) is 2. The fourth-order valence-electron chi connectivity index (χ4n) is 3.20. The Morgan fingerprint density at radius 2 is 2.06 bits per heavy atom. The van der Waals surface area contributed by atoms with Crippen molar-refractivity contribution in [3.05, 3.63) is 0 Å². The Bertz CT molecular complexity index is 284. The zero-order valence-corrected chi connectivity index (χ0v) is 11.4. The van der Waals surface area contributed by atoms with E-state index in [-0.39, 0.29) is 11.4 Å². The Labute approximate surface area is 105 Å². The summed E-state index contributed by atoms with van der Waals surface area (Å²) in [5, 5.41) is 6.62. The van der Waals surface area contributed by atoms with E-state index in [1.807, 2.05) is 6.92 Å². The molecule has 4 unspecified atom stereocenters. The molecule has 4 atom stereocenters. The number of nitrogens with one attached hydrogen (secondary N) is 2. The maximum Gasteiger partial charge on any atom is 0.240 e. The molecular formula is C14H26N2O. The molecule has 1 aliphatic heterocycles. The highest BCUT2D eigenvalue weighted by Crippen LogP contribution is 2.30. The van der Waals surface area contributed by atoms with Gasteiger partial charge in [-0.25, -0.2) is 0 Å². The third kappa shape index (κ3) is 2.65. The van der Waals surface area contributed by atoms with Crippen molar-refractivity contribution in [2.24, 2.45) is 11.8 Å². The summed E-state index contributed by atoms with van der Waals surface area (Å²) >= 11 is 0. The quantitative estimate of drug-likeness (QED) is 0.773. The molecule has 0 aromatic rings. The first-order valence-electron chi connectivity index (χ1n) is 7.09. The zero-order valence-electron chi connectivity index (χ0n) is 11.4. The first-order chi connectivity index (χ1) is 8.03. The van der Waals surface area contributed by atoms with Crippen molar-refractivity contribution in [2.75, 3.05) is 6.54 Å². The molecule has 0 aromatic heterocycles. The van der Waals surface area contributed by atoms with Crippen LogP contribution in [0.1, 0.15) is 52.9 Å². The van der Waals surface area contributed by atoms with E-state index in [0.717, 1.165) is 31.7 Å². The second-order valence-electron chi connectivity index (χ2n) is 6.21. The minimum Gasteiger partial charge on any atom is -0.351 e. The molecule has 17 heavy (non-hydrogen) atoms. The Balaban J connectivity index is 1.93. The lowest BCUT2D eigenvalue weighted by Crippen LogP contribution is -2.55. The van der Waals surface area contributed by atoms with Crippen LogP contribution < -0.4 is 10.6 Å². The topological polar surface area (TPSA) is 41.1 Å². The summed E-state index contributed by atoms with van der Waals surface area (Å²) in [7, 11) is 0. The molecular weight excluding hydrogens is 212 g/mol. The van der Waals surface area contributed by atoms with Crippen LogP contribution in [0.5, 0.6) is 0 Å². The van der Waals surface area contributed by atoms with Gasteiger partial charge in [-0.15, -0.1) is 0 Å². The normalized spacial score (nSPS) is 42.4. The van der Waals surface area contributed by atoms with Crippen molar-refractivity contribution in [2.45, 2.75) is 64.5 Å². The summed E-state index contributed by atoms with van der Waals surface area (Å²) in [5.74, 6) is 1.55. The zero-order chi connectivity index (χ0) is 12.5. The molecule has 0 radical (unpaired) electrons. The molecule has 1 heterocycles.